The molecule has 94 valence electrons. The largest absolute Gasteiger partial charge is 0.389 e. The Morgan fingerprint density at radius 1 is 1.47 bits per heavy atom. The number of anilines is 1. The summed E-state index contributed by atoms with van der Waals surface area (Å²) in [5, 5.41) is 0. The third kappa shape index (κ3) is 4.28. The van der Waals surface area contributed by atoms with Gasteiger partial charge in [0.15, 0.2) is 0 Å². The van der Waals surface area contributed by atoms with Crippen LogP contribution in [-0.4, -0.2) is 18.6 Å². The van der Waals surface area contributed by atoms with Gasteiger partial charge in [0, 0.05) is 29.3 Å². The Morgan fingerprint density at radius 2 is 2.12 bits per heavy atom. The molecule has 1 rings (SSSR count). The van der Waals surface area contributed by atoms with E-state index in [4.69, 9.17) is 18.0 Å². The van der Waals surface area contributed by atoms with Gasteiger partial charge in [-0.25, -0.2) is 0 Å². The van der Waals surface area contributed by atoms with Gasteiger partial charge in [0.05, 0.1) is 0 Å². The third-order valence-electron chi connectivity index (χ3n) is 2.70. The topological polar surface area (TPSA) is 29.3 Å². The second kappa shape index (κ2) is 6.36. The van der Waals surface area contributed by atoms with Gasteiger partial charge in [-0.05, 0) is 46.5 Å². The lowest BCUT2D eigenvalue weighted by molar-refractivity contribution is 0.585. The highest BCUT2D eigenvalue weighted by atomic mass is 79.9. The van der Waals surface area contributed by atoms with Crippen molar-refractivity contribution >= 4 is 38.8 Å². The minimum Gasteiger partial charge on any atom is -0.389 e. The monoisotopic (exact) mass is 314 g/mol. The summed E-state index contributed by atoms with van der Waals surface area (Å²) in [6.45, 7) is 5.52. The number of nitrogens with zero attached hydrogens (tertiary/aromatic N) is 1. The van der Waals surface area contributed by atoms with Crippen molar-refractivity contribution in [1.82, 2.24) is 0 Å². The van der Waals surface area contributed by atoms with E-state index in [0.29, 0.717) is 4.99 Å². The number of rotatable bonds is 5. The maximum atomic E-state index is 5.63. The summed E-state index contributed by atoms with van der Waals surface area (Å²) in [6.07, 6.45) is 1.19. The molecule has 2 nitrogen and oxygen atoms in total. The second-order valence-electron chi connectivity index (χ2n) is 4.63. The van der Waals surface area contributed by atoms with Crippen molar-refractivity contribution in [3.8, 4) is 0 Å². The Balaban J connectivity index is 2.79. The molecule has 0 atom stereocenters. The van der Waals surface area contributed by atoms with Crippen LogP contribution < -0.4 is 10.6 Å². The van der Waals surface area contributed by atoms with Gasteiger partial charge in [-0.1, -0.05) is 26.1 Å². The summed E-state index contributed by atoms with van der Waals surface area (Å²) < 4.78 is 0.957. The maximum absolute atomic E-state index is 5.63. The quantitative estimate of drug-likeness (QED) is 0.842. The summed E-state index contributed by atoms with van der Waals surface area (Å²) >= 11 is 8.48. The van der Waals surface area contributed by atoms with Gasteiger partial charge in [0.25, 0.3) is 0 Å². The van der Waals surface area contributed by atoms with Crippen molar-refractivity contribution in [3.63, 3.8) is 0 Å². The van der Waals surface area contributed by atoms with Crippen molar-refractivity contribution in [1.29, 1.82) is 0 Å². The molecule has 4 heteroatoms. The van der Waals surface area contributed by atoms with Gasteiger partial charge in [-0.15, -0.1) is 0 Å². The predicted octanol–water partition coefficient (Wildman–Crippen LogP) is 3.57. The van der Waals surface area contributed by atoms with Gasteiger partial charge in [0.2, 0.25) is 0 Å². The molecule has 0 unspecified atom stereocenters. The lowest BCUT2D eigenvalue weighted by atomic mass is 10.1. The zero-order chi connectivity index (χ0) is 13.0. The van der Waals surface area contributed by atoms with Crippen molar-refractivity contribution < 1.29 is 0 Å². The minimum absolute atomic E-state index is 0.424. The Bertz CT molecular complexity index is 404. The van der Waals surface area contributed by atoms with Crippen LogP contribution in [0.1, 0.15) is 25.8 Å². The van der Waals surface area contributed by atoms with Crippen LogP contribution >= 0.6 is 28.1 Å². The molecular weight excluding hydrogens is 296 g/mol. The molecule has 0 heterocycles. The molecule has 0 bridgehead atoms. The van der Waals surface area contributed by atoms with Crippen LogP contribution in [0, 0.1) is 5.92 Å². The van der Waals surface area contributed by atoms with E-state index in [9.17, 15) is 0 Å². The van der Waals surface area contributed by atoms with Crippen LogP contribution in [0.3, 0.4) is 0 Å². The number of hydrogen-bond acceptors (Lipinski definition) is 2. The first-order valence-corrected chi connectivity index (χ1v) is 6.92. The van der Waals surface area contributed by atoms with Crippen molar-refractivity contribution in [2.45, 2.75) is 20.3 Å². The molecule has 0 amide bonds. The van der Waals surface area contributed by atoms with Crippen LogP contribution in [0.2, 0.25) is 0 Å². The Hall–Kier alpha value is -0.610. The van der Waals surface area contributed by atoms with Gasteiger partial charge >= 0.3 is 0 Å². The van der Waals surface area contributed by atoms with Gasteiger partial charge in [-0.3, -0.25) is 0 Å². The van der Waals surface area contributed by atoms with Crippen LogP contribution in [-0.2, 0) is 0 Å². The van der Waals surface area contributed by atoms with E-state index in [1.54, 1.807) is 0 Å². The average Bonchev–Trinajstić information content (AvgIpc) is 2.25. The molecule has 0 spiro atoms. The molecule has 17 heavy (non-hydrogen) atoms. The number of thiocarbonyl (C=S) groups is 1. The normalized spacial score (nSPS) is 10.6. The van der Waals surface area contributed by atoms with Crippen LogP contribution in [0.4, 0.5) is 5.69 Å². The standard InChI is InChI=1S/C13H19BrN2S/c1-9(2)6-7-16(3)10-4-5-11(13(15)17)12(14)8-10/h4-5,8-9H,6-7H2,1-3H3,(H2,15,17). The van der Waals surface area contributed by atoms with Crippen LogP contribution in [0.5, 0.6) is 0 Å². The molecule has 0 aromatic heterocycles. The van der Waals surface area contributed by atoms with E-state index in [1.165, 1.54) is 12.1 Å². The van der Waals surface area contributed by atoms with Crippen molar-refractivity contribution in [3.05, 3.63) is 28.2 Å². The summed E-state index contributed by atoms with van der Waals surface area (Å²) in [6, 6.07) is 6.09. The SMILES string of the molecule is CC(C)CCN(C)c1ccc(C(N)=S)c(Br)c1. The van der Waals surface area contributed by atoms with Gasteiger partial charge in [-0.2, -0.15) is 0 Å². The Kier molecular flexibility index (Phi) is 5.40. The van der Waals surface area contributed by atoms with E-state index in [0.717, 1.165) is 22.5 Å². The molecule has 1 aromatic rings. The fourth-order valence-electron chi connectivity index (χ4n) is 1.52. The summed E-state index contributed by atoms with van der Waals surface area (Å²) in [5.74, 6) is 0.719. The summed E-state index contributed by atoms with van der Waals surface area (Å²) in [4.78, 5) is 2.67. The summed E-state index contributed by atoms with van der Waals surface area (Å²) in [5.41, 5.74) is 7.70. The smallest absolute Gasteiger partial charge is 0.105 e. The van der Waals surface area contributed by atoms with E-state index in [2.05, 4.69) is 53.9 Å². The highest BCUT2D eigenvalue weighted by Crippen LogP contribution is 2.24. The van der Waals surface area contributed by atoms with Gasteiger partial charge < -0.3 is 10.6 Å². The molecule has 0 radical (unpaired) electrons. The number of benzene rings is 1. The van der Waals surface area contributed by atoms with Crippen LogP contribution in [0.15, 0.2) is 22.7 Å². The van der Waals surface area contributed by atoms with E-state index in [-0.39, 0.29) is 0 Å². The summed E-state index contributed by atoms with van der Waals surface area (Å²) in [7, 11) is 2.10. The van der Waals surface area contributed by atoms with E-state index >= 15 is 0 Å². The first-order valence-electron chi connectivity index (χ1n) is 5.72. The fourth-order valence-corrected chi connectivity index (χ4v) is 2.41. The van der Waals surface area contributed by atoms with Crippen molar-refractivity contribution in [2.75, 3.05) is 18.5 Å². The Morgan fingerprint density at radius 3 is 2.59 bits per heavy atom. The van der Waals surface area contributed by atoms with Gasteiger partial charge in [0.1, 0.15) is 4.99 Å². The number of halogens is 1. The fraction of sp³-hybridized carbons (Fsp3) is 0.462. The lowest BCUT2D eigenvalue weighted by Gasteiger charge is -2.21. The highest BCUT2D eigenvalue weighted by molar-refractivity contribution is 9.10. The zero-order valence-electron chi connectivity index (χ0n) is 10.5. The molecular formula is C13H19BrN2S. The molecule has 0 aliphatic heterocycles. The minimum atomic E-state index is 0.424. The second-order valence-corrected chi connectivity index (χ2v) is 5.93. The van der Waals surface area contributed by atoms with E-state index in [1.807, 2.05) is 6.07 Å². The molecule has 0 aliphatic rings. The third-order valence-corrected chi connectivity index (χ3v) is 3.58. The lowest BCUT2D eigenvalue weighted by Crippen LogP contribution is -2.20. The number of hydrogen-bond donors (Lipinski definition) is 1. The van der Waals surface area contributed by atoms with Crippen molar-refractivity contribution in [2.24, 2.45) is 11.7 Å². The maximum Gasteiger partial charge on any atom is 0.105 e. The zero-order valence-corrected chi connectivity index (χ0v) is 12.9. The predicted molar refractivity (Wildman–Crippen MR) is 82.8 cm³/mol. The molecule has 0 saturated carbocycles. The van der Waals surface area contributed by atoms with Crippen LogP contribution in [0.25, 0.3) is 0 Å². The Labute approximate surface area is 117 Å². The highest BCUT2D eigenvalue weighted by Gasteiger charge is 2.07. The first kappa shape index (κ1) is 14.5. The van der Waals surface area contributed by atoms with E-state index < -0.39 is 0 Å². The average molecular weight is 315 g/mol. The molecule has 0 fully saturated rings. The molecule has 2 N–H and O–H groups in total. The first-order chi connectivity index (χ1) is 7.91. The molecule has 0 saturated heterocycles. The molecule has 1 aromatic carbocycles. The number of nitrogens with two attached hydrogens (primary N) is 1. The molecule has 0 aliphatic carbocycles.